The highest BCUT2D eigenvalue weighted by Crippen LogP contribution is 2.56. The Kier molecular flexibility index (Phi) is 12.4. The summed E-state index contributed by atoms with van der Waals surface area (Å²) in [5, 5.41) is 1.17. The standard InChI is InChI=1S/C80H82BN3O/c1-75(2,3)54-32-38-67(60(44-54)53-26-20-16-21-27-53)84-68-39-33-55(76(4,5)6)45-66(68)81-72-69(47-59(48-70(72)84)82(56-28-22-17-23-29-56)57-34-30-52(31-35-57)51-24-18-15-19-25-51)83(58-36-37-62-63(46-58)78(9,10)41-40-77(62,7)8)73-61-49-64-65(50-71(61)85-74(73)81)80(13,14)43-42-79(64,11)12/h15-39,44-50H,40-43H2,1-14H3. The summed E-state index contributed by atoms with van der Waals surface area (Å²) >= 11 is 0. The quantitative estimate of drug-likeness (QED) is 0.148. The minimum atomic E-state index is -0.248. The Labute approximate surface area is 506 Å². The molecule has 0 amide bonds. The number of hydrogen-bond donors (Lipinski definition) is 0. The topological polar surface area (TPSA) is 22.9 Å². The third-order valence-electron chi connectivity index (χ3n) is 20.3. The second-order valence-corrected chi connectivity index (χ2v) is 29.9. The van der Waals surface area contributed by atoms with Gasteiger partial charge in [0, 0.05) is 45.1 Å². The third kappa shape index (κ3) is 9.00. The van der Waals surface area contributed by atoms with Gasteiger partial charge in [-0.1, -0.05) is 212 Å². The van der Waals surface area contributed by atoms with Gasteiger partial charge in [0.25, 0.3) is 6.71 Å². The van der Waals surface area contributed by atoms with Gasteiger partial charge in [0.2, 0.25) is 0 Å². The molecule has 0 spiro atoms. The predicted octanol–water partition coefficient (Wildman–Crippen LogP) is 20.6. The molecule has 0 radical (unpaired) electrons. The van der Waals surface area contributed by atoms with Gasteiger partial charge < -0.3 is 19.1 Å². The van der Waals surface area contributed by atoms with E-state index in [-0.39, 0.29) is 39.2 Å². The Morgan fingerprint density at radius 2 is 0.906 bits per heavy atom. The average Bonchev–Trinajstić information content (AvgIpc) is 1.86. The van der Waals surface area contributed by atoms with E-state index in [0.717, 1.165) is 88.1 Å². The normalized spacial score (nSPS) is 16.9. The number of para-hydroxylation sites is 1. The molecule has 14 rings (SSSR count). The Hall–Kier alpha value is -8.02. The van der Waals surface area contributed by atoms with Crippen LogP contribution in [-0.4, -0.2) is 6.71 Å². The van der Waals surface area contributed by atoms with Crippen LogP contribution in [0.25, 0.3) is 33.2 Å². The van der Waals surface area contributed by atoms with Gasteiger partial charge in [0.15, 0.2) is 0 Å². The first-order chi connectivity index (χ1) is 40.4. The van der Waals surface area contributed by atoms with Crippen molar-refractivity contribution in [3.63, 3.8) is 0 Å². The molecule has 0 unspecified atom stereocenters. The summed E-state index contributed by atoms with van der Waals surface area (Å²) in [5.41, 5.74) is 27.4. The van der Waals surface area contributed by atoms with E-state index in [0.29, 0.717) is 0 Å². The molecule has 85 heavy (non-hydrogen) atoms. The minimum absolute atomic E-state index is 0.00726. The van der Waals surface area contributed by atoms with Crippen LogP contribution in [0.4, 0.5) is 51.2 Å². The van der Waals surface area contributed by atoms with Crippen molar-refractivity contribution in [2.75, 3.05) is 14.7 Å². The van der Waals surface area contributed by atoms with Crippen molar-refractivity contribution < 1.29 is 4.42 Å². The molecule has 2 aliphatic heterocycles. The molecule has 0 bridgehead atoms. The highest BCUT2D eigenvalue weighted by atomic mass is 16.3. The van der Waals surface area contributed by atoms with E-state index in [4.69, 9.17) is 4.42 Å². The first kappa shape index (κ1) is 54.9. The monoisotopic (exact) mass is 1110 g/mol. The largest absolute Gasteiger partial charge is 0.468 e. The highest BCUT2D eigenvalue weighted by Gasteiger charge is 2.50. The SMILES string of the molecule is CC(C)(C)c1ccc2c(c1)B1c3oc4cc5c(cc4c3N(c3ccc4c(c3)C(C)(C)CCC4(C)C)c3cc(N(c4ccccc4)c4ccc(-c6ccccc6)cc4)cc(c31)N2c1ccc(C(C)(C)C)cc1-c1ccccc1)C(C)(C)CCC5(C)C. The molecule has 1 aromatic heterocycles. The van der Waals surface area contributed by atoms with Crippen LogP contribution in [-0.2, 0) is 32.5 Å². The van der Waals surface area contributed by atoms with Crippen LogP contribution in [0, 0.1) is 0 Å². The Bertz CT molecular complexity index is 4270. The summed E-state index contributed by atoms with van der Waals surface area (Å²) in [6, 6.07) is 74.2. The van der Waals surface area contributed by atoms with Crippen molar-refractivity contribution in [1.82, 2.24) is 0 Å². The van der Waals surface area contributed by atoms with Gasteiger partial charge >= 0.3 is 0 Å². The maximum absolute atomic E-state index is 7.87. The average molecular weight is 1110 g/mol. The van der Waals surface area contributed by atoms with Gasteiger partial charge in [-0.05, 0) is 198 Å². The number of anilines is 9. The van der Waals surface area contributed by atoms with Crippen molar-refractivity contribution in [2.45, 2.75) is 155 Å². The summed E-state index contributed by atoms with van der Waals surface area (Å²) in [5.74, 6) is 0. The molecule has 0 saturated heterocycles. The van der Waals surface area contributed by atoms with E-state index in [1.807, 2.05) is 0 Å². The molecule has 4 aliphatic rings. The number of hydrogen-bond acceptors (Lipinski definition) is 4. The Morgan fingerprint density at radius 1 is 0.412 bits per heavy atom. The molecule has 5 heteroatoms. The smallest absolute Gasteiger partial charge is 0.297 e. The van der Waals surface area contributed by atoms with Gasteiger partial charge in [-0.2, -0.15) is 0 Å². The molecule has 0 fully saturated rings. The maximum atomic E-state index is 7.87. The zero-order chi connectivity index (χ0) is 59.3. The molecule has 9 aromatic carbocycles. The number of furan rings is 1. The number of benzene rings is 9. The number of nitrogens with zero attached hydrogens (tertiary/aromatic N) is 3. The van der Waals surface area contributed by atoms with Gasteiger partial charge in [0.05, 0.1) is 22.7 Å². The van der Waals surface area contributed by atoms with E-state index in [1.165, 1.54) is 71.9 Å². The summed E-state index contributed by atoms with van der Waals surface area (Å²) < 4.78 is 7.87. The van der Waals surface area contributed by atoms with Crippen LogP contribution in [0.2, 0.25) is 0 Å². The Morgan fingerprint density at radius 3 is 1.51 bits per heavy atom. The molecule has 10 aromatic rings. The summed E-state index contributed by atoms with van der Waals surface area (Å²) in [6.07, 6.45) is 4.52. The molecule has 2 aliphatic carbocycles. The van der Waals surface area contributed by atoms with Crippen molar-refractivity contribution in [3.05, 3.63) is 228 Å². The zero-order valence-corrected chi connectivity index (χ0v) is 52.6. The van der Waals surface area contributed by atoms with E-state index >= 15 is 0 Å². The maximum Gasteiger partial charge on any atom is 0.297 e. The first-order valence-corrected chi connectivity index (χ1v) is 31.3. The first-order valence-electron chi connectivity index (χ1n) is 31.3. The van der Waals surface area contributed by atoms with Crippen molar-refractivity contribution in [1.29, 1.82) is 0 Å². The fourth-order valence-electron chi connectivity index (χ4n) is 14.9. The van der Waals surface area contributed by atoms with Crippen molar-refractivity contribution >= 4 is 85.5 Å². The second-order valence-electron chi connectivity index (χ2n) is 29.9. The van der Waals surface area contributed by atoms with Gasteiger partial charge in [-0.15, -0.1) is 0 Å². The molecule has 0 atom stereocenters. The zero-order valence-electron chi connectivity index (χ0n) is 52.6. The van der Waals surface area contributed by atoms with E-state index in [2.05, 4.69) is 306 Å². The lowest BCUT2D eigenvalue weighted by Crippen LogP contribution is -2.61. The van der Waals surface area contributed by atoms with Crippen LogP contribution < -0.4 is 31.3 Å². The van der Waals surface area contributed by atoms with Crippen molar-refractivity contribution in [2.24, 2.45) is 0 Å². The minimum Gasteiger partial charge on any atom is -0.468 e. The second kappa shape index (κ2) is 19.2. The molecule has 4 nitrogen and oxygen atoms in total. The van der Waals surface area contributed by atoms with Crippen LogP contribution in [0.1, 0.15) is 156 Å². The summed E-state index contributed by atoms with van der Waals surface area (Å²) in [4.78, 5) is 7.77. The lowest BCUT2D eigenvalue weighted by Gasteiger charge is -2.45. The fraction of sp³-hybridized carbons (Fsp3) is 0.300. The number of fused-ring (bicyclic) bond motifs is 8. The molecule has 426 valence electrons. The predicted molar refractivity (Wildman–Crippen MR) is 364 cm³/mol. The van der Waals surface area contributed by atoms with Gasteiger partial charge in [-0.25, -0.2) is 0 Å². The highest BCUT2D eigenvalue weighted by molar-refractivity contribution is 7.00. The lowest BCUT2D eigenvalue weighted by atomic mass is 9.35. The van der Waals surface area contributed by atoms with Crippen LogP contribution >= 0.6 is 0 Å². The molecule has 3 heterocycles. The van der Waals surface area contributed by atoms with E-state index < -0.39 is 0 Å². The summed E-state index contributed by atoms with van der Waals surface area (Å²) in [7, 11) is 0. The van der Waals surface area contributed by atoms with E-state index in [9.17, 15) is 0 Å². The Balaban J connectivity index is 1.15. The van der Waals surface area contributed by atoms with E-state index in [1.54, 1.807) is 0 Å². The fourth-order valence-corrected chi connectivity index (χ4v) is 14.9. The van der Waals surface area contributed by atoms with Gasteiger partial charge in [0.1, 0.15) is 5.58 Å². The molecule has 0 saturated carbocycles. The van der Waals surface area contributed by atoms with Crippen LogP contribution in [0.5, 0.6) is 0 Å². The molecular weight excluding hydrogens is 1030 g/mol. The van der Waals surface area contributed by atoms with Crippen LogP contribution in [0.3, 0.4) is 0 Å². The lowest BCUT2D eigenvalue weighted by molar-refractivity contribution is 0.332. The van der Waals surface area contributed by atoms with Gasteiger partial charge in [-0.3, -0.25) is 0 Å². The molecular formula is C80H82BN3O. The number of rotatable bonds is 7. The third-order valence-corrected chi connectivity index (χ3v) is 20.3. The molecule has 0 N–H and O–H groups in total. The summed E-state index contributed by atoms with van der Waals surface area (Å²) in [6.45, 7) is 33.4. The van der Waals surface area contributed by atoms with Crippen LogP contribution in [0.15, 0.2) is 199 Å². The van der Waals surface area contributed by atoms with Crippen molar-refractivity contribution in [3.8, 4) is 22.3 Å².